The molecule has 2 N–H and O–H groups in total. The second-order valence-corrected chi connectivity index (χ2v) is 4.11. The fourth-order valence-corrected chi connectivity index (χ4v) is 1.67. The number of aromatic nitrogens is 4. The Morgan fingerprint density at radius 1 is 1.14 bits per heavy atom. The fraction of sp³-hybridized carbons (Fsp3) is 0. The number of aromatic carboxylic acids is 1. The quantitative estimate of drug-likeness (QED) is 0.740. The average Bonchev–Trinajstić information content (AvgIpc) is 2.98. The standard InChI is InChI=1S/C13H8N4O4/c18-10-6-5-9(15-16-10)12-14-11(17-21-12)7-1-3-8(4-2-7)13(19)20/h1-6H,(H,16,18)(H,19,20). The predicted octanol–water partition coefficient (Wildman–Crippen LogP) is 1.19. The normalized spacial score (nSPS) is 10.5. The summed E-state index contributed by atoms with van der Waals surface area (Å²) < 4.78 is 5.06. The number of hydrogen-bond acceptors (Lipinski definition) is 6. The maximum atomic E-state index is 10.9. The van der Waals surface area contributed by atoms with E-state index in [2.05, 4.69) is 20.3 Å². The largest absolute Gasteiger partial charge is 0.478 e. The number of nitrogens with zero attached hydrogens (tertiary/aromatic N) is 3. The van der Waals surface area contributed by atoms with Gasteiger partial charge in [0.2, 0.25) is 5.82 Å². The van der Waals surface area contributed by atoms with Crippen LogP contribution in [-0.4, -0.2) is 31.4 Å². The number of carboxylic acid groups (broad SMARTS) is 1. The molecule has 3 rings (SSSR count). The van der Waals surface area contributed by atoms with Crippen molar-refractivity contribution in [3.05, 3.63) is 52.3 Å². The summed E-state index contributed by atoms with van der Waals surface area (Å²) in [7, 11) is 0. The van der Waals surface area contributed by atoms with Crippen LogP contribution in [0.1, 0.15) is 10.4 Å². The number of carboxylic acids is 1. The van der Waals surface area contributed by atoms with Gasteiger partial charge >= 0.3 is 5.97 Å². The highest BCUT2D eigenvalue weighted by atomic mass is 16.5. The van der Waals surface area contributed by atoms with Crippen LogP contribution in [0.3, 0.4) is 0 Å². The van der Waals surface area contributed by atoms with E-state index >= 15 is 0 Å². The third kappa shape index (κ3) is 2.54. The molecule has 3 aromatic rings. The van der Waals surface area contributed by atoms with Gasteiger partial charge < -0.3 is 9.63 Å². The van der Waals surface area contributed by atoms with Crippen molar-refractivity contribution in [2.75, 3.05) is 0 Å². The maximum absolute atomic E-state index is 10.9. The molecule has 0 saturated heterocycles. The second-order valence-electron chi connectivity index (χ2n) is 4.11. The van der Waals surface area contributed by atoms with Gasteiger partial charge in [-0.05, 0) is 18.2 Å². The van der Waals surface area contributed by atoms with E-state index in [1.807, 2.05) is 0 Å². The Morgan fingerprint density at radius 3 is 2.52 bits per heavy atom. The van der Waals surface area contributed by atoms with Crippen LogP contribution >= 0.6 is 0 Å². The zero-order chi connectivity index (χ0) is 14.8. The molecule has 0 unspecified atom stereocenters. The van der Waals surface area contributed by atoms with Crippen LogP contribution in [-0.2, 0) is 0 Å². The summed E-state index contributed by atoms with van der Waals surface area (Å²) >= 11 is 0. The molecule has 1 aromatic carbocycles. The second kappa shape index (κ2) is 5.00. The maximum Gasteiger partial charge on any atom is 0.335 e. The smallest absolute Gasteiger partial charge is 0.335 e. The zero-order valence-corrected chi connectivity index (χ0v) is 10.5. The van der Waals surface area contributed by atoms with Crippen LogP contribution in [0.15, 0.2) is 45.7 Å². The van der Waals surface area contributed by atoms with E-state index < -0.39 is 5.97 Å². The minimum absolute atomic E-state index is 0.156. The summed E-state index contributed by atoms with van der Waals surface area (Å²) in [5.74, 6) is -0.550. The van der Waals surface area contributed by atoms with Crippen molar-refractivity contribution in [1.82, 2.24) is 20.3 Å². The van der Waals surface area contributed by atoms with Crippen molar-refractivity contribution >= 4 is 5.97 Å². The van der Waals surface area contributed by atoms with Crippen LogP contribution in [0, 0.1) is 0 Å². The minimum atomic E-state index is -1.01. The first-order valence-electron chi connectivity index (χ1n) is 5.87. The number of benzene rings is 1. The van der Waals surface area contributed by atoms with Crippen LogP contribution in [0.4, 0.5) is 0 Å². The van der Waals surface area contributed by atoms with Crippen molar-refractivity contribution in [3.8, 4) is 23.0 Å². The molecule has 2 aromatic heterocycles. The van der Waals surface area contributed by atoms with E-state index in [0.717, 1.165) is 0 Å². The van der Waals surface area contributed by atoms with E-state index in [0.29, 0.717) is 17.1 Å². The molecule has 0 radical (unpaired) electrons. The van der Waals surface area contributed by atoms with E-state index in [-0.39, 0.29) is 17.0 Å². The lowest BCUT2D eigenvalue weighted by atomic mass is 10.1. The molecule has 0 spiro atoms. The Balaban J connectivity index is 1.92. The van der Waals surface area contributed by atoms with Gasteiger partial charge in [-0.25, -0.2) is 9.89 Å². The van der Waals surface area contributed by atoms with Crippen LogP contribution in [0.2, 0.25) is 0 Å². The first kappa shape index (κ1) is 12.7. The molecule has 21 heavy (non-hydrogen) atoms. The highest BCUT2D eigenvalue weighted by Gasteiger charge is 2.12. The monoisotopic (exact) mass is 284 g/mol. The summed E-state index contributed by atoms with van der Waals surface area (Å²) in [6, 6.07) is 8.83. The lowest BCUT2D eigenvalue weighted by Crippen LogP contribution is -2.05. The molecular weight excluding hydrogens is 276 g/mol. The minimum Gasteiger partial charge on any atom is -0.478 e. The number of nitrogens with one attached hydrogen (secondary N) is 1. The molecule has 0 amide bonds. The van der Waals surface area contributed by atoms with Crippen LogP contribution in [0.25, 0.3) is 23.0 Å². The van der Waals surface area contributed by atoms with Crippen LogP contribution in [0.5, 0.6) is 0 Å². The average molecular weight is 284 g/mol. The van der Waals surface area contributed by atoms with Crippen molar-refractivity contribution in [2.24, 2.45) is 0 Å². The van der Waals surface area contributed by atoms with Gasteiger partial charge in [0, 0.05) is 11.6 Å². The Bertz CT molecular complexity index is 831. The summed E-state index contributed by atoms with van der Waals surface area (Å²) in [5.41, 5.74) is 0.794. The molecule has 0 aliphatic heterocycles. The summed E-state index contributed by atoms with van der Waals surface area (Å²) in [6.45, 7) is 0. The first-order chi connectivity index (χ1) is 10.1. The molecule has 0 bridgehead atoms. The molecule has 0 atom stereocenters. The number of rotatable bonds is 3. The molecule has 2 heterocycles. The van der Waals surface area contributed by atoms with Gasteiger partial charge in [-0.15, -0.1) is 0 Å². The molecule has 0 saturated carbocycles. The number of carbonyl (C=O) groups is 1. The Morgan fingerprint density at radius 2 is 1.90 bits per heavy atom. The molecule has 8 heteroatoms. The Labute approximate surface area is 117 Å². The molecule has 0 fully saturated rings. The van der Waals surface area contributed by atoms with Crippen molar-refractivity contribution in [2.45, 2.75) is 0 Å². The highest BCUT2D eigenvalue weighted by Crippen LogP contribution is 2.20. The van der Waals surface area contributed by atoms with E-state index in [1.165, 1.54) is 24.3 Å². The fourth-order valence-electron chi connectivity index (χ4n) is 1.67. The van der Waals surface area contributed by atoms with Gasteiger partial charge in [-0.1, -0.05) is 17.3 Å². The highest BCUT2D eigenvalue weighted by molar-refractivity contribution is 5.88. The summed E-state index contributed by atoms with van der Waals surface area (Å²) in [4.78, 5) is 25.9. The number of H-pyrrole nitrogens is 1. The van der Waals surface area contributed by atoms with Gasteiger partial charge in [0.05, 0.1) is 5.56 Å². The van der Waals surface area contributed by atoms with Gasteiger partial charge in [0.15, 0.2) is 0 Å². The van der Waals surface area contributed by atoms with Gasteiger partial charge in [-0.2, -0.15) is 10.1 Å². The third-order valence-electron chi connectivity index (χ3n) is 2.71. The topological polar surface area (TPSA) is 122 Å². The first-order valence-corrected chi connectivity index (χ1v) is 5.87. The lowest BCUT2D eigenvalue weighted by molar-refractivity contribution is 0.0697. The van der Waals surface area contributed by atoms with Gasteiger partial charge in [-0.3, -0.25) is 4.79 Å². The Kier molecular flexibility index (Phi) is 3.03. The number of aromatic amines is 1. The van der Waals surface area contributed by atoms with Gasteiger partial charge in [0.25, 0.3) is 11.4 Å². The van der Waals surface area contributed by atoms with Crippen molar-refractivity contribution in [3.63, 3.8) is 0 Å². The van der Waals surface area contributed by atoms with Crippen LogP contribution < -0.4 is 5.56 Å². The molecule has 0 aliphatic rings. The molecule has 8 nitrogen and oxygen atoms in total. The SMILES string of the molecule is O=C(O)c1ccc(-c2noc(-c3ccc(=O)[nH]n3)n2)cc1. The Hall–Kier alpha value is -3.29. The van der Waals surface area contributed by atoms with E-state index in [9.17, 15) is 9.59 Å². The predicted molar refractivity (Wildman–Crippen MR) is 70.5 cm³/mol. The van der Waals surface area contributed by atoms with E-state index in [4.69, 9.17) is 9.63 Å². The zero-order valence-electron chi connectivity index (χ0n) is 10.5. The number of hydrogen-bond donors (Lipinski definition) is 2. The molecule has 104 valence electrons. The molecule has 0 aliphatic carbocycles. The van der Waals surface area contributed by atoms with Gasteiger partial charge in [0.1, 0.15) is 5.69 Å². The summed E-state index contributed by atoms with van der Waals surface area (Å²) in [5, 5.41) is 18.7. The lowest BCUT2D eigenvalue weighted by Gasteiger charge is -1.95. The van der Waals surface area contributed by atoms with E-state index in [1.54, 1.807) is 12.1 Å². The van der Waals surface area contributed by atoms with Crippen molar-refractivity contribution in [1.29, 1.82) is 0 Å². The molecular formula is C13H8N4O4. The van der Waals surface area contributed by atoms with Crippen molar-refractivity contribution < 1.29 is 14.4 Å². The third-order valence-corrected chi connectivity index (χ3v) is 2.71. The summed E-state index contributed by atoms with van der Waals surface area (Å²) in [6.07, 6.45) is 0.